The maximum atomic E-state index is 12.1. The number of amides is 1. The zero-order valence-electron chi connectivity index (χ0n) is 14.0. The molecule has 0 unspecified atom stereocenters. The van der Waals surface area contributed by atoms with Crippen molar-refractivity contribution in [3.05, 3.63) is 73.1 Å². The monoisotopic (exact) mass is 494 g/mol. The molecule has 26 heavy (non-hydrogen) atoms. The summed E-state index contributed by atoms with van der Waals surface area (Å²) in [4.78, 5) is 16.6. The first-order valence-electron chi connectivity index (χ1n) is 7.87. The molecule has 0 aliphatic rings. The van der Waals surface area contributed by atoms with E-state index in [1.807, 2.05) is 54.8 Å². The highest BCUT2D eigenvalue weighted by Crippen LogP contribution is 2.29. The molecule has 134 valence electrons. The van der Waals surface area contributed by atoms with E-state index in [1.165, 1.54) is 11.3 Å². The van der Waals surface area contributed by atoms with Crippen LogP contribution in [0.2, 0.25) is 0 Å². The first kappa shape index (κ1) is 19.1. The molecule has 0 saturated carbocycles. The number of carbonyl (C=O) groups is 1. The van der Waals surface area contributed by atoms with E-state index in [1.54, 1.807) is 0 Å². The molecule has 4 nitrogen and oxygen atoms in total. The second kappa shape index (κ2) is 8.79. The normalized spacial score (nSPS) is 10.6. The van der Waals surface area contributed by atoms with Gasteiger partial charge in [-0.05, 0) is 53.2 Å². The zero-order valence-corrected chi connectivity index (χ0v) is 17.9. The number of hydrogen-bond acceptors (Lipinski definition) is 4. The fraction of sp³-hybridized carbons (Fsp3) is 0.158. The van der Waals surface area contributed by atoms with E-state index in [4.69, 9.17) is 4.74 Å². The molecule has 7 heteroatoms. The largest absolute Gasteiger partial charge is 0.486 e. The van der Waals surface area contributed by atoms with E-state index in [-0.39, 0.29) is 12.3 Å². The number of hydrogen-bond donors (Lipinski definition) is 1. The van der Waals surface area contributed by atoms with Crippen molar-refractivity contribution in [2.45, 2.75) is 20.0 Å². The summed E-state index contributed by atoms with van der Waals surface area (Å²) in [6.45, 7) is 2.37. The predicted octanol–water partition coefficient (Wildman–Crippen LogP) is 5.74. The Morgan fingerprint density at radius 2 is 1.96 bits per heavy atom. The van der Waals surface area contributed by atoms with Crippen LogP contribution < -0.4 is 10.1 Å². The minimum Gasteiger partial charge on any atom is -0.486 e. The molecule has 0 fully saturated rings. The lowest BCUT2D eigenvalue weighted by Crippen LogP contribution is -2.14. The van der Waals surface area contributed by atoms with Gasteiger partial charge in [0.05, 0.1) is 16.6 Å². The summed E-state index contributed by atoms with van der Waals surface area (Å²) in [6.07, 6.45) is 0.251. The fourth-order valence-electron chi connectivity index (χ4n) is 2.22. The number of carbonyl (C=O) groups excluding carboxylic acids is 1. The molecule has 2 aromatic carbocycles. The Morgan fingerprint density at radius 3 is 2.69 bits per heavy atom. The smallest absolute Gasteiger partial charge is 0.231 e. The Bertz CT molecular complexity index is 910. The minimum atomic E-state index is -0.0775. The highest BCUT2D eigenvalue weighted by Gasteiger charge is 2.10. The maximum absolute atomic E-state index is 12.1. The maximum Gasteiger partial charge on any atom is 0.231 e. The lowest BCUT2D eigenvalue weighted by atomic mass is 10.2. The standard InChI is InChI=1S/C19H16Br2N2O2S/c1-12-2-5-14(6-3-12)22-18(24)9-19-23-15(11-26-19)10-25-17-7-4-13(20)8-16(17)21/h2-8,11H,9-10H2,1H3,(H,22,24). The zero-order chi connectivity index (χ0) is 18.5. The van der Waals surface area contributed by atoms with Gasteiger partial charge in [-0.3, -0.25) is 4.79 Å². The Morgan fingerprint density at radius 1 is 1.19 bits per heavy atom. The van der Waals surface area contributed by atoms with Gasteiger partial charge < -0.3 is 10.1 Å². The van der Waals surface area contributed by atoms with Crippen molar-refractivity contribution >= 4 is 54.8 Å². The summed E-state index contributed by atoms with van der Waals surface area (Å²) in [5.74, 6) is 0.672. The van der Waals surface area contributed by atoms with Gasteiger partial charge in [-0.25, -0.2) is 4.98 Å². The summed E-state index contributed by atoms with van der Waals surface area (Å²) in [7, 11) is 0. The van der Waals surface area contributed by atoms with Crippen molar-refractivity contribution < 1.29 is 9.53 Å². The van der Waals surface area contributed by atoms with Crippen LogP contribution in [0.15, 0.2) is 56.8 Å². The number of benzene rings is 2. The number of thiazole rings is 1. The number of nitrogens with zero attached hydrogens (tertiary/aromatic N) is 1. The molecular formula is C19H16Br2N2O2S. The number of aromatic nitrogens is 1. The van der Waals surface area contributed by atoms with Crippen LogP contribution in [0, 0.1) is 6.92 Å². The number of nitrogens with one attached hydrogen (secondary N) is 1. The van der Waals surface area contributed by atoms with Gasteiger partial charge in [0.1, 0.15) is 17.4 Å². The van der Waals surface area contributed by atoms with E-state index < -0.39 is 0 Å². The van der Waals surface area contributed by atoms with Crippen LogP contribution in [-0.2, 0) is 17.8 Å². The summed E-state index contributed by atoms with van der Waals surface area (Å²) < 4.78 is 7.63. The average Bonchev–Trinajstić information content (AvgIpc) is 3.03. The average molecular weight is 496 g/mol. The van der Waals surface area contributed by atoms with Gasteiger partial charge in [0, 0.05) is 15.5 Å². The van der Waals surface area contributed by atoms with Crippen molar-refractivity contribution in [2.75, 3.05) is 5.32 Å². The Kier molecular flexibility index (Phi) is 6.45. The van der Waals surface area contributed by atoms with Crippen molar-refractivity contribution in [1.82, 2.24) is 4.98 Å². The van der Waals surface area contributed by atoms with Gasteiger partial charge in [-0.15, -0.1) is 11.3 Å². The fourth-order valence-corrected chi connectivity index (χ4v) is 4.16. The molecule has 3 aromatic rings. The highest BCUT2D eigenvalue weighted by atomic mass is 79.9. The van der Waals surface area contributed by atoms with E-state index >= 15 is 0 Å². The van der Waals surface area contributed by atoms with Crippen molar-refractivity contribution in [2.24, 2.45) is 0 Å². The molecule has 0 radical (unpaired) electrons. The first-order chi connectivity index (χ1) is 12.5. The molecule has 0 spiro atoms. The molecule has 0 aliphatic carbocycles. The van der Waals surface area contributed by atoms with Crippen molar-refractivity contribution in [1.29, 1.82) is 0 Å². The quantitative estimate of drug-likeness (QED) is 0.474. The topological polar surface area (TPSA) is 51.2 Å². The Balaban J connectivity index is 1.54. The van der Waals surface area contributed by atoms with E-state index in [0.717, 1.165) is 36.6 Å². The summed E-state index contributed by atoms with van der Waals surface area (Å²) in [5.41, 5.74) is 2.76. The molecule has 3 rings (SSSR count). The van der Waals surface area contributed by atoms with Gasteiger partial charge in [0.2, 0.25) is 5.91 Å². The first-order valence-corrected chi connectivity index (χ1v) is 10.3. The van der Waals surface area contributed by atoms with E-state index in [0.29, 0.717) is 6.61 Å². The highest BCUT2D eigenvalue weighted by molar-refractivity contribution is 9.11. The molecule has 0 aliphatic heterocycles. The van der Waals surface area contributed by atoms with Crippen LogP contribution in [-0.4, -0.2) is 10.9 Å². The van der Waals surface area contributed by atoms with Crippen molar-refractivity contribution in [3.8, 4) is 5.75 Å². The van der Waals surface area contributed by atoms with Crippen LogP contribution >= 0.6 is 43.2 Å². The minimum absolute atomic E-state index is 0.0775. The van der Waals surface area contributed by atoms with Crippen LogP contribution in [0.5, 0.6) is 5.75 Å². The third kappa shape index (κ3) is 5.40. The molecule has 1 heterocycles. The number of anilines is 1. The van der Waals surface area contributed by atoms with Crippen LogP contribution in [0.3, 0.4) is 0 Å². The lowest BCUT2D eigenvalue weighted by molar-refractivity contribution is -0.115. The van der Waals surface area contributed by atoms with E-state index in [2.05, 4.69) is 42.2 Å². The molecular weight excluding hydrogens is 480 g/mol. The number of ether oxygens (including phenoxy) is 1. The second-order valence-electron chi connectivity index (χ2n) is 5.69. The third-order valence-corrected chi connectivity index (χ3v) is 5.53. The van der Waals surface area contributed by atoms with Gasteiger partial charge in [0.25, 0.3) is 0 Å². The number of rotatable bonds is 6. The van der Waals surface area contributed by atoms with Crippen LogP contribution in [0.1, 0.15) is 16.3 Å². The molecule has 1 N–H and O–H groups in total. The van der Waals surface area contributed by atoms with Crippen molar-refractivity contribution in [3.63, 3.8) is 0 Å². The predicted molar refractivity (Wildman–Crippen MR) is 112 cm³/mol. The summed E-state index contributed by atoms with van der Waals surface area (Å²) in [6, 6.07) is 13.5. The van der Waals surface area contributed by atoms with Gasteiger partial charge in [-0.1, -0.05) is 33.6 Å². The molecule has 0 bridgehead atoms. The molecule has 1 aromatic heterocycles. The Hall–Kier alpha value is -1.70. The van der Waals surface area contributed by atoms with Gasteiger partial charge in [-0.2, -0.15) is 0 Å². The summed E-state index contributed by atoms with van der Waals surface area (Å²) >= 11 is 8.34. The SMILES string of the molecule is Cc1ccc(NC(=O)Cc2nc(COc3ccc(Br)cc3Br)cs2)cc1. The second-order valence-corrected chi connectivity index (χ2v) is 8.40. The molecule has 0 saturated heterocycles. The number of halogens is 2. The molecule has 0 atom stereocenters. The van der Waals surface area contributed by atoms with Crippen LogP contribution in [0.4, 0.5) is 5.69 Å². The van der Waals surface area contributed by atoms with Gasteiger partial charge >= 0.3 is 0 Å². The summed E-state index contributed by atoms with van der Waals surface area (Å²) in [5, 5.41) is 5.57. The number of aryl methyl sites for hydroxylation is 1. The van der Waals surface area contributed by atoms with Gasteiger partial charge in [0.15, 0.2) is 0 Å². The lowest BCUT2D eigenvalue weighted by Gasteiger charge is -2.06. The Labute approximate surface area is 172 Å². The molecule has 1 amide bonds. The van der Waals surface area contributed by atoms with Crippen LogP contribution in [0.25, 0.3) is 0 Å². The van der Waals surface area contributed by atoms with E-state index in [9.17, 15) is 4.79 Å². The third-order valence-electron chi connectivity index (χ3n) is 3.52.